The van der Waals surface area contributed by atoms with E-state index >= 15 is 0 Å². The molecule has 1 amide bonds. The summed E-state index contributed by atoms with van der Waals surface area (Å²) in [6.07, 6.45) is 5.33. The molecule has 1 aliphatic heterocycles. The average molecular weight is 299 g/mol. The first-order chi connectivity index (χ1) is 10.6. The summed E-state index contributed by atoms with van der Waals surface area (Å²) >= 11 is 0. The van der Waals surface area contributed by atoms with E-state index in [1.807, 2.05) is 11.0 Å². The Kier molecular flexibility index (Phi) is 3.03. The van der Waals surface area contributed by atoms with E-state index in [9.17, 15) is 9.59 Å². The molecule has 1 N–H and O–H groups in total. The fourth-order valence-electron chi connectivity index (χ4n) is 4.44. The van der Waals surface area contributed by atoms with Crippen molar-refractivity contribution >= 4 is 11.9 Å². The summed E-state index contributed by atoms with van der Waals surface area (Å²) in [5.41, 5.74) is 1.38. The topological polar surface area (TPSA) is 57.6 Å². The van der Waals surface area contributed by atoms with Crippen LogP contribution in [0.25, 0.3) is 0 Å². The first kappa shape index (κ1) is 13.8. The molecule has 0 unspecified atom stereocenters. The quantitative estimate of drug-likeness (QED) is 0.933. The minimum atomic E-state index is -0.889. The molecule has 1 aromatic carbocycles. The van der Waals surface area contributed by atoms with Crippen molar-refractivity contribution in [1.29, 1.82) is 0 Å². The molecule has 2 bridgehead atoms. The summed E-state index contributed by atoms with van der Waals surface area (Å²) in [5, 5.41) is 9.13. The van der Waals surface area contributed by atoms with E-state index < -0.39 is 5.97 Å². The molecule has 116 valence electrons. The normalized spacial score (nSPS) is 32.8. The molecule has 4 heteroatoms. The van der Waals surface area contributed by atoms with Crippen LogP contribution in [0, 0.1) is 11.3 Å². The van der Waals surface area contributed by atoms with Crippen LogP contribution in [0.3, 0.4) is 0 Å². The van der Waals surface area contributed by atoms with Gasteiger partial charge in [-0.2, -0.15) is 0 Å². The summed E-state index contributed by atoms with van der Waals surface area (Å²) in [5.74, 6) is 0.551. The second-order valence-corrected chi connectivity index (χ2v) is 7.28. The average Bonchev–Trinajstić information content (AvgIpc) is 2.44. The molecule has 0 aromatic heterocycles. The maximum absolute atomic E-state index is 12.7. The fraction of sp³-hybridized carbons (Fsp3) is 0.556. The third-order valence-electron chi connectivity index (χ3n) is 5.81. The largest absolute Gasteiger partial charge is 0.478 e. The van der Waals surface area contributed by atoms with E-state index in [1.165, 1.54) is 0 Å². The fourth-order valence-corrected chi connectivity index (χ4v) is 4.44. The Hall–Kier alpha value is -1.84. The van der Waals surface area contributed by atoms with E-state index in [0.29, 0.717) is 11.5 Å². The number of carbonyl (C=O) groups excluding carboxylic acids is 1. The number of piperidine rings is 1. The molecule has 22 heavy (non-hydrogen) atoms. The van der Waals surface area contributed by atoms with Gasteiger partial charge in [-0.15, -0.1) is 0 Å². The number of carboxylic acid groups (broad SMARTS) is 1. The first-order valence-electron chi connectivity index (χ1n) is 8.20. The van der Waals surface area contributed by atoms with Crippen LogP contribution in [0.5, 0.6) is 0 Å². The molecular weight excluding hydrogens is 278 g/mol. The molecule has 5 rings (SSSR count). The Morgan fingerprint density at radius 3 is 2.64 bits per heavy atom. The first-order valence-corrected chi connectivity index (χ1v) is 8.20. The Balaban J connectivity index is 1.49. The standard InChI is InChI=1S/C18H21NO3/c20-16(21)14-4-1-3-13(7-14)15-5-2-6-19(11-15)17(22)18-8-12(9-18)10-18/h1,3-4,7,12,15H,2,5-6,8-11H2,(H,20,21)/t12?,15-,18?/m1/s1. The van der Waals surface area contributed by atoms with Gasteiger partial charge in [-0.05, 0) is 55.7 Å². The summed E-state index contributed by atoms with van der Waals surface area (Å²) in [4.78, 5) is 25.9. The number of amides is 1. The van der Waals surface area contributed by atoms with Gasteiger partial charge in [0.2, 0.25) is 5.91 Å². The van der Waals surface area contributed by atoms with Gasteiger partial charge in [0.05, 0.1) is 11.0 Å². The van der Waals surface area contributed by atoms with Crippen LogP contribution in [0.15, 0.2) is 24.3 Å². The summed E-state index contributed by atoms with van der Waals surface area (Å²) in [6.45, 7) is 1.61. The van der Waals surface area contributed by atoms with Gasteiger partial charge in [0.15, 0.2) is 0 Å². The lowest BCUT2D eigenvalue weighted by molar-refractivity contribution is -0.178. The van der Waals surface area contributed by atoms with Gasteiger partial charge >= 0.3 is 5.97 Å². The Bertz CT molecular complexity index is 622. The maximum Gasteiger partial charge on any atom is 0.335 e. The molecule has 4 fully saturated rings. The second-order valence-electron chi connectivity index (χ2n) is 7.28. The van der Waals surface area contributed by atoms with Crippen molar-refractivity contribution in [2.75, 3.05) is 13.1 Å². The zero-order chi connectivity index (χ0) is 15.3. The number of rotatable bonds is 3. The maximum atomic E-state index is 12.7. The van der Waals surface area contributed by atoms with Crippen molar-refractivity contribution in [1.82, 2.24) is 4.90 Å². The number of hydrogen-bond donors (Lipinski definition) is 1. The number of likely N-dealkylation sites (tertiary alicyclic amines) is 1. The molecule has 3 aliphatic carbocycles. The molecule has 3 saturated carbocycles. The molecular formula is C18H21NO3. The number of hydrogen-bond acceptors (Lipinski definition) is 2. The van der Waals surface area contributed by atoms with Gasteiger partial charge < -0.3 is 10.0 Å². The molecule has 0 radical (unpaired) electrons. The van der Waals surface area contributed by atoms with E-state index in [4.69, 9.17) is 5.11 Å². The Morgan fingerprint density at radius 1 is 1.23 bits per heavy atom. The zero-order valence-corrected chi connectivity index (χ0v) is 12.6. The number of carbonyl (C=O) groups is 2. The van der Waals surface area contributed by atoms with Crippen molar-refractivity contribution in [3.05, 3.63) is 35.4 Å². The lowest BCUT2D eigenvalue weighted by Crippen LogP contribution is -2.62. The molecule has 0 spiro atoms. The van der Waals surface area contributed by atoms with Gasteiger partial charge in [0.25, 0.3) is 0 Å². The molecule has 4 aliphatic rings. The number of carboxylic acids is 1. The number of nitrogens with zero attached hydrogens (tertiary/aromatic N) is 1. The van der Waals surface area contributed by atoms with Crippen molar-refractivity contribution in [3.63, 3.8) is 0 Å². The summed E-state index contributed by atoms with van der Waals surface area (Å²) < 4.78 is 0. The van der Waals surface area contributed by atoms with Crippen LogP contribution in [-0.4, -0.2) is 35.0 Å². The lowest BCUT2D eigenvalue weighted by Gasteiger charge is -2.61. The van der Waals surface area contributed by atoms with Gasteiger partial charge in [-0.1, -0.05) is 12.1 Å². The molecule has 1 aromatic rings. The highest BCUT2D eigenvalue weighted by molar-refractivity contribution is 5.88. The van der Waals surface area contributed by atoms with Crippen molar-refractivity contribution < 1.29 is 14.7 Å². The van der Waals surface area contributed by atoms with Gasteiger partial charge in [-0.3, -0.25) is 4.79 Å². The number of benzene rings is 1. The highest BCUT2D eigenvalue weighted by atomic mass is 16.4. The van der Waals surface area contributed by atoms with Crippen LogP contribution in [0.4, 0.5) is 0 Å². The zero-order valence-electron chi connectivity index (χ0n) is 12.6. The minimum Gasteiger partial charge on any atom is -0.478 e. The third kappa shape index (κ3) is 2.04. The van der Waals surface area contributed by atoms with Crippen LogP contribution in [0.2, 0.25) is 0 Å². The van der Waals surface area contributed by atoms with Crippen LogP contribution in [0.1, 0.15) is 53.9 Å². The summed E-state index contributed by atoms with van der Waals surface area (Å²) in [6, 6.07) is 7.19. The highest BCUT2D eigenvalue weighted by Crippen LogP contribution is 2.65. The van der Waals surface area contributed by atoms with Gasteiger partial charge in [-0.25, -0.2) is 4.79 Å². The van der Waals surface area contributed by atoms with Crippen LogP contribution >= 0.6 is 0 Å². The van der Waals surface area contributed by atoms with Crippen LogP contribution in [-0.2, 0) is 4.79 Å². The smallest absolute Gasteiger partial charge is 0.335 e. The van der Waals surface area contributed by atoms with Crippen LogP contribution < -0.4 is 0 Å². The van der Waals surface area contributed by atoms with E-state index in [0.717, 1.165) is 56.7 Å². The molecule has 1 saturated heterocycles. The van der Waals surface area contributed by atoms with E-state index in [1.54, 1.807) is 18.2 Å². The number of aromatic carboxylic acids is 1. The predicted octanol–water partition coefficient (Wildman–Crippen LogP) is 2.89. The second kappa shape index (κ2) is 4.83. The minimum absolute atomic E-state index is 0.00449. The van der Waals surface area contributed by atoms with Gasteiger partial charge in [0.1, 0.15) is 0 Å². The van der Waals surface area contributed by atoms with Crippen molar-refractivity contribution in [2.45, 2.75) is 38.0 Å². The predicted molar refractivity (Wildman–Crippen MR) is 81.7 cm³/mol. The third-order valence-corrected chi connectivity index (χ3v) is 5.81. The van der Waals surface area contributed by atoms with E-state index in [-0.39, 0.29) is 11.3 Å². The monoisotopic (exact) mass is 299 g/mol. The summed E-state index contributed by atoms with van der Waals surface area (Å²) in [7, 11) is 0. The SMILES string of the molecule is O=C(O)c1cccc([C@@H]2CCCN(C(=O)C34CC(C3)C4)C2)c1. The lowest BCUT2D eigenvalue weighted by atomic mass is 9.44. The molecule has 4 nitrogen and oxygen atoms in total. The van der Waals surface area contributed by atoms with Crippen molar-refractivity contribution in [2.24, 2.45) is 11.3 Å². The molecule has 1 heterocycles. The highest BCUT2D eigenvalue weighted by Gasteiger charge is 2.62. The molecule has 1 atom stereocenters. The van der Waals surface area contributed by atoms with Crippen molar-refractivity contribution in [3.8, 4) is 0 Å². The van der Waals surface area contributed by atoms with Gasteiger partial charge in [0, 0.05) is 19.0 Å². The Morgan fingerprint density at radius 2 is 2.00 bits per heavy atom. The van der Waals surface area contributed by atoms with E-state index in [2.05, 4.69) is 0 Å². The Labute approximate surface area is 130 Å².